The maximum absolute atomic E-state index is 14.5. The number of furan rings is 1. The van der Waals surface area contributed by atoms with E-state index in [0.717, 1.165) is 29.5 Å². The molecule has 6 nitrogen and oxygen atoms in total. The van der Waals surface area contributed by atoms with Gasteiger partial charge in [0, 0.05) is 21.7 Å². The fourth-order valence-electron chi connectivity index (χ4n) is 4.80. The van der Waals surface area contributed by atoms with Crippen LogP contribution in [0.15, 0.2) is 77.2 Å². The van der Waals surface area contributed by atoms with Crippen LogP contribution < -0.4 is 5.32 Å². The number of rotatable bonds is 8. The van der Waals surface area contributed by atoms with Gasteiger partial charge in [0.25, 0.3) is 6.01 Å². The second kappa shape index (κ2) is 11.2. The number of halogens is 2. The quantitative estimate of drug-likeness (QED) is 0.218. The third kappa shape index (κ3) is 5.34. The summed E-state index contributed by atoms with van der Waals surface area (Å²) < 4.78 is 30.6. The topological polar surface area (TPSA) is 77.8 Å². The van der Waals surface area contributed by atoms with Crippen molar-refractivity contribution < 1.29 is 27.9 Å². The van der Waals surface area contributed by atoms with E-state index in [1.807, 2.05) is 43.3 Å². The third-order valence-electron chi connectivity index (χ3n) is 7.28. The van der Waals surface area contributed by atoms with E-state index >= 15 is 0 Å². The van der Waals surface area contributed by atoms with Gasteiger partial charge in [-0.1, -0.05) is 78.3 Å². The summed E-state index contributed by atoms with van der Waals surface area (Å²) in [6.07, 6.45) is 0.210. The van der Waals surface area contributed by atoms with E-state index in [9.17, 15) is 14.0 Å². The van der Waals surface area contributed by atoms with Crippen molar-refractivity contribution in [1.29, 1.82) is 0 Å². The molecule has 4 aromatic rings. The number of esters is 1. The van der Waals surface area contributed by atoms with Gasteiger partial charge >= 0.3 is 12.1 Å². The lowest BCUT2D eigenvalue weighted by Crippen LogP contribution is -2.23. The fourth-order valence-corrected chi connectivity index (χ4v) is 5.09. The highest BCUT2D eigenvalue weighted by Gasteiger charge is 2.52. The maximum atomic E-state index is 14.5. The number of nitrogens with one attached hydrogen (secondary N) is 1. The van der Waals surface area contributed by atoms with Crippen LogP contribution in [0, 0.1) is 12.9 Å². The number of hydrogen-bond donors (Lipinski definition) is 1. The van der Waals surface area contributed by atoms with E-state index in [1.54, 1.807) is 43.3 Å². The van der Waals surface area contributed by atoms with Crippen molar-refractivity contribution in [2.75, 3.05) is 11.9 Å². The molecule has 1 aliphatic carbocycles. The highest BCUT2D eigenvalue weighted by Crippen LogP contribution is 2.49. The zero-order valence-electron chi connectivity index (χ0n) is 22.4. The summed E-state index contributed by atoms with van der Waals surface area (Å²) in [5.74, 6) is 0.0176. The van der Waals surface area contributed by atoms with Crippen molar-refractivity contribution in [2.24, 2.45) is 0 Å². The summed E-state index contributed by atoms with van der Waals surface area (Å²) in [6.45, 7) is 5.41. The summed E-state index contributed by atoms with van der Waals surface area (Å²) >= 11 is 6.21. The monoisotopic (exact) mass is 561 g/mol. The normalized spacial score (nSPS) is 14.3. The van der Waals surface area contributed by atoms with E-state index in [0.29, 0.717) is 22.8 Å². The van der Waals surface area contributed by atoms with Crippen LogP contribution in [0.4, 0.5) is 14.9 Å². The molecule has 0 aliphatic heterocycles. The zero-order valence-corrected chi connectivity index (χ0v) is 23.2. The van der Waals surface area contributed by atoms with Gasteiger partial charge in [0.05, 0.1) is 17.7 Å². The molecule has 206 valence electrons. The number of carbonyl (C=O) groups excluding carboxylic acids is 2. The van der Waals surface area contributed by atoms with E-state index in [4.69, 9.17) is 25.5 Å². The molecule has 1 atom stereocenters. The summed E-state index contributed by atoms with van der Waals surface area (Å²) in [7, 11) is 0. The number of amides is 1. The molecule has 0 bridgehead atoms. The Labute approximate surface area is 237 Å². The molecule has 8 heteroatoms. The van der Waals surface area contributed by atoms with Gasteiger partial charge in [-0.2, -0.15) is 4.39 Å². The van der Waals surface area contributed by atoms with Gasteiger partial charge in [0.2, 0.25) is 0 Å². The first-order chi connectivity index (χ1) is 19.2. The van der Waals surface area contributed by atoms with Crippen LogP contribution >= 0.6 is 11.6 Å². The number of benzene rings is 3. The SMILES string of the molecule is CCOC(=O)C1(c2ccc(-c3ccc(-c4oc(F)c(C)c4NC(=O)OC(C)c4ccccc4Cl)cc3)cc2)CC1. The van der Waals surface area contributed by atoms with Crippen LogP contribution in [0.5, 0.6) is 0 Å². The predicted octanol–water partition coefficient (Wildman–Crippen LogP) is 8.62. The Morgan fingerprint density at radius 2 is 1.60 bits per heavy atom. The van der Waals surface area contributed by atoms with E-state index < -0.39 is 23.6 Å². The van der Waals surface area contributed by atoms with E-state index in [2.05, 4.69) is 5.32 Å². The number of anilines is 1. The average molecular weight is 562 g/mol. The van der Waals surface area contributed by atoms with Gasteiger partial charge < -0.3 is 13.9 Å². The first kappa shape index (κ1) is 27.5. The molecule has 1 saturated carbocycles. The van der Waals surface area contributed by atoms with Gasteiger partial charge in [-0.25, -0.2) is 4.79 Å². The predicted molar refractivity (Wildman–Crippen MR) is 152 cm³/mol. The summed E-state index contributed by atoms with van der Waals surface area (Å²) in [4.78, 5) is 25.1. The molecule has 0 spiro atoms. The lowest BCUT2D eigenvalue weighted by atomic mass is 9.93. The van der Waals surface area contributed by atoms with Gasteiger partial charge in [-0.3, -0.25) is 10.1 Å². The minimum atomic E-state index is -0.792. The lowest BCUT2D eigenvalue weighted by Gasteiger charge is -2.16. The molecule has 1 aliphatic rings. The van der Waals surface area contributed by atoms with Gasteiger partial charge in [-0.15, -0.1) is 0 Å². The molecule has 1 aromatic heterocycles. The number of carbonyl (C=O) groups is 2. The Kier molecular flexibility index (Phi) is 7.68. The number of hydrogen-bond acceptors (Lipinski definition) is 5. The minimum Gasteiger partial charge on any atom is -0.465 e. The first-order valence-corrected chi connectivity index (χ1v) is 13.5. The fraction of sp³-hybridized carbons (Fsp3) is 0.250. The van der Waals surface area contributed by atoms with Crippen molar-refractivity contribution >= 4 is 29.4 Å². The van der Waals surface area contributed by atoms with Crippen LogP contribution in [0.2, 0.25) is 5.02 Å². The van der Waals surface area contributed by atoms with Gasteiger partial charge in [0.1, 0.15) is 6.10 Å². The molecular formula is C32H29ClFNO5. The molecule has 40 heavy (non-hydrogen) atoms. The van der Waals surface area contributed by atoms with Crippen LogP contribution in [0.25, 0.3) is 22.5 Å². The van der Waals surface area contributed by atoms with Crippen LogP contribution in [-0.2, 0) is 19.7 Å². The molecule has 1 heterocycles. The van der Waals surface area contributed by atoms with E-state index in [1.165, 1.54) is 6.92 Å². The Bertz CT molecular complexity index is 1540. The molecule has 0 radical (unpaired) electrons. The van der Waals surface area contributed by atoms with Gasteiger partial charge in [-0.05, 0) is 56.4 Å². The molecule has 0 saturated heterocycles. The third-order valence-corrected chi connectivity index (χ3v) is 7.62. The molecule has 1 amide bonds. The average Bonchev–Trinajstić information content (AvgIpc) is 3.72. The highest BCUT2D eigenvalue weighted by molar-refractivity contribution is 6.31. The van der Waals surface area contributed by atoms with Crippen molar-refractivity contribution in [1.82, 2.24) is 0 Å². The second-order valence-electron chi connectivity index (χ2n) is 9.86. The van der Waals surface area contributed by atoms with Crippen molar-refractivity contribution in [3.05, 3.63) is 101 Å². The molecule has 3 aromatic carbocycles. The summed E-state index contributed by atoms with van der Waals surface area (Å²) in [5, 5.41) is 3.11. The smallest absolute Gasteiger partial charge is 0.412 e. The Hall–Kier alpha value is -4.10. The molecule has 5 rings (SSSR count). The maximum Gasteiger partial charge on any atom is 0.412 e. The van der Waals surface area contributed by atoms with Crippen molar-refractivity contribution in [3.8, 4) is 22.5 Å². The van der Waals surface area contributed by atoms with Crippen LogP contribution in [-0.4, -0.2) is 18.7 Å². The molecule has 1 fully saturated rings. The largest absolute Gasteiger partial charge is 0.465 e. The lowest BCUT2D eigenvalue weighted by molar-refractivity contribution is -0.146. The van der Waals surface area contributed by atoms with Gasteiger partial charge in [0.15, 0.2) is 5.76 Å². The summed E-state index contributed by atoms with van der Waals surface area (Å²) in [5.41, 5.74) is 3.93. The minimum absolute atomic E-state index is 0.160. The Morgan fingerprint density at radius 3 is 2.20 bits per heavy atom. The van der Waals surface area contributed by atoms with E-state index in [-0.39, 0.29) is 23.0 Å². The second-order valence-corrected chi connectivity index (χ2v) is 10.3. The molecular weight excluding hydrogens is 533 g/mol. The molecule has 1 N–H and O–H groups in total. The van der Waals surface area contributed by atoms with Crippen molar-refractivity contribution in [2.45, 2.75) is 45.1 Å². The Morgan fingerprint density at radius 1 is 1.00 bits per heavy atom. The van der Waals surface area contributed by atoms with Crippen LogP contribution in [0.3, 0.4) is 0 Å². The van der Waals surface area contributed by atoms with Crippen molar-refractivity contribution in [3.63, 3.8) is 0 Å². The summed E-state index contributed by atoms with van der Waals surface area (Å²) in [6, 6.07) is 21.5. The Balaban J connectivity index is 1.32. The molecule has 1 unspecified atom stereocenters. The number of ether oxygens (including phenoxy) is 2. The first-order valence-electron chi connectivity index (χ1n) is 13.1. The standard InChI is InChI=1S/C32H29ClFNO5/c1-4-38-30(36)32(17-18-32)24-15-13-22(14-16-24)21-9-11-23(12-10-21)28-27(19(2)29(34)40-28)35-31(37)39-20(3)25-7-5-6-8-26(25)33/h5-16,20H,4,17-18H2,1-3H3,(H,35,37). The highest BCUT2D eigenvalue weighted by atomic mass is 35.5. The zero-order chi connectivity index (χ0) is 28.4. The van der Waals surface area contributed by atoms with Crippen LogP contribution in [0.1, 0.15) is 49.5 Å².